The van der Waals surface area contributed by atoms with Crippen molar-refractivity contribution in [3.05, 3.63) is 47.1 Å². The predicted octanol–water partition coefficient (Wildman–Crippen LogP) is 3.42. The Morgan fingerprint density at radius 1 is 1.25 bits per heavy atom. The van der Waals surface area contributed by atoms with Gasteiger partial charge in [-0.2, -0.15) is 0 Å². The first-order chi connectivity index (χ1) is 9.63. The maximum atomic E-state index is 6.17. The average molecular weight is 292 g/mol. The van der Waals surface area contributed by atoms with Gasteiger partial charge in [0.05, 0.1) is 12.8 Å². The van der Waals surface area contributed by atoms with E-state index in [0.29, 0.717) is 12.4 Å². The molecule has 20 heavy (non-hydrogen) atoms. The molecule has 0 spiro atoms. The normalized spacial score (nSPS) is 10.2. The van der Waals surface area contributed by atoms with Crippen LogP contribution < -0.4 is 15.0 Å². The van der Waals surface area contributed by atoms with Gasteiger partial charge in [-0.3, -0.25) is 0 Å². The highest BCUT2D eigenvalue weighted by Gasteiger charge is 2.12. The van der Waals surface area contributed by atoms with Crippen LogP contribution in [0, 0.1) is 0 Å². The average Bonchev–Trinajstić information content (AvgIpc) is 2.46. The number of aromatic nitrogens is 1. The van der Waals surface area contributed by atoms with Crippen molar-refractivity contribution < 1.29 is 4.74 Å². The molecule has 1 N–H and O–H groups in total. The van der Waals surface area contributed by atoms with Gasteiger partial charge in [0.25, 0.3) is 0 Å². The SMILES string of the molecule is COc1nccc(N(C)C)c1NCc1ccccc1Cl. The Morgan fingerprint density at radius 3 is 2.65 bits per heavy atom. The molecule has 0 bridgehead atoms. The lowest BCUT2D eigenvalue weighted by Crippen LogP contribution is -2.13. The smallest absolute Gasteiger partial charge is 0.239 e. The van der Waals surface area contributed by atoms with Crippen LogP contribution in [0.1, 0.15) is 5.56 Å². The topological polar surface area (TPSA) is 37.4 Å². The molecule has 1 heterocycles. The quantitative estimate of drug-likeness (QED) is 0.916. The molecule has 0 amide bonds. The molecule has 5 heteroatoms. The van der Waals surface area contributed by atoms with Gasteiger partial charge in [-0.05, 0) is 17.7 Å². The van der Waals surface area contributed by atoms with Gasteiger partial charge in [0, 0.05) is 31.9 Å². The van der Waals surface area contributed by atoms with E-state index in [-0.39, 0.29) is 0 Å². The third kappa shape index (κ3) is 3.14. The molecule has 0 fully saturated rings. The molecule has 0 saturated heterocycles. The minimum absolute atomic E-state index is 0.572. The van der Waals surface area contributed by atoms with Gasteiger partial charge in [0.15, 0.2) is 0 Å². The van der Waals surface area contributed by atoms with Crippen LogP contribution >= 0.6 is 11.6 Å². The maximum Gasteiger partial charge on any atom is 0.239 e. The molecule has 0 aliphatic carbocycles. The molecule has 0 atom stereocenters. The van der Waals surface area contributed by atoms with Crippen molar-refractivity contribution in [1.29, 1.82) is 0 Å². The van der Waals surface area contributed by atoms with Gasteiger partial charge in [0.2, 0.25) is 5.88 Å². The standard InChI is InChI=1S/C15H18ClN3O/c1-19(2)13-8-9-17-15(20-3)14(13)18-10-11-6-4-5-7-12(11)16/h4-9,18H,10H2,1-3H3. The third-order valence-electron chi connectivity index (χ3n) is 2.98. The van der Waals surface area contributed by atoms with Crippen molar-refractivity contribution in [1.82, 2.24) is 4.98 Å². The van der Waals surface area contributed by atoms with Gasteiger partial charge >= 0.3 is 0 Å². The third-order valence-corrected chi connectivity index (χ3v) is 3.35. The fraction of sp³-hybridized carbons (Fsp3) is 0.267. The van der Waals surface area contributed by atoms with Gasteiger partial charge in [0.1, 0.15) is 5.69 Å². The zero-order valence-electron chi connectivity index (χ0n) is 11.9. The van der Waals surface area contributed by atoms with Crippen molar-refractivity contribution in [3.63, 3.8) is 0 Å². The van der Waals surface area contributed by atoms with Gasteiger partial charge < -0.3 is 15.0 Å². The van der Waals surface area contributed by atoms with Crippen molar-refractivity contribution in [2.75, 3.05) is 31.4 Å². The van der Waals surface area contributed by atoms with Crippen molar-refractivity contribution in [2.24, 2.45) is 0 Å². The summed E-state index contributed by atoms with van der Waals surface area (Å²) in [5.41, 5.74) is 2.91. The van der Waals surface area contributed by atoms with Gasteiger partial charge in [-0.25, -0.2) is 4.98 Å². The highest BCUT2D eigenvalue weighted by atomic mass is 35.5. The molecule has 0 radical (unpaired) electrons. The first-order valence-electron chi connectivity index (χ1n) is 6.31. The zero-order valence-corrected chi connectivity index (χ0v) is 12.6. The van der Waals surface area contributed by atoms with Crippen LogP contribution in [-0.4, -0.2) is 26.2 Å². The molecular weight excluding hydrogens is 274 g/mol. The summed E-state index contributed by atoms with van der Waals surface area (Å²) in [5, 5.41) is 4.10. The second-order valence-electron chi connectivity index (χ2n) is 4.55. The van der Waals surface area contributed by atoms with Crippen LogP contribution in [-0.2, 0) is 6.54 Å². The van der Waals surface area contributed by atoms with Gasteiger partial charge in [-0.15, -0.1) is 0 Å². The summed E-state index contributed by atoms with van der Waals surface area (Å²) in [7, 11) is 5.58. The molecule has 1 aromatic heterocycles. The predicted molar refractivity (Wildman–Crippen MR) is 83.9 cm³/mol. The Labute approximate surface area is 124 Å². The Hall–Kier alpha value is -1.94. The number of nitrogens with one attached hydrogen (secondary N) is 1. The number of hydrogen-bond acceptors (Lipinski definition) is 4. The number of rotatable bonds is 5. The Bertz CT molecular complexity index is 587. The van der Waals surface area contributed by atoms with E-state index in [4.69, 9.17) is 16.3 Å². The zero-order chi connectivity index (χ0) is 14.5. The van der Waals surface area contributed by atoms with Crippen LogP contribution in [0.2, 0.25) is 5.02 Å². The van der Waals surface area contributed by atoms with E-state index >= 15 is 0 Å². The Morgan fingerprint density at radius 2 is 2.00 bits per heavy atom. The molecule has 0 aliphatic rings. The van der Waals surface area contributed by atoms with Crippen molar-refractivity contribution in [2.45, 2.75) is 6.54 Å². The summed E-state index contributed by atoms with van der Waals surface area (Å²) in [4.78, 5) is 6.24. The molecule has 4 nitrogen and oxygen atoms in total. The van der Waals surface area contributed by atoms with E-state index < -0.39 is 0 Å². The number of ether oxygens (including phenoxy) is 1. The summed E-state index contributed by atoms with van der Waals surface area (Å²) < 4.78 is 5.32. The van der Waals surface area contributed by atoms with Crippen LogP contribution in [0.5, 0.6) is 5.88 Å². The molecule has 106 valence electrons. The molecular formula is C15H18ClN3O. The lowest BCUT2D eigenvalue weighted by atomic mass is 10.2. The molecule has 0 aliphatic heterocycles. The number of anilines is 2. The van der Waals surface area contributed by atoms with Crippen LogP contribution in [0.4, 0.5) is 11.4 Å². The summed E-state index contributed by atoms with van der Waals surface area (Å²) in [6.45, 7) is 0.614. The lowest BCUT2D eigenvalue weighted by molar-refractivity contribution is 0.400. The van der Waals surface area contributed by atoms with Gasteiger partial charge in [-0.1, -0.05) is 29.8 Å². The van der Waals surface area contributed by atoms with E-state index in [1.165, 1.54) is 0 Å². The molecule has 0 unspecified atom stereocenters. The Kier molecular flexibility index (Phi) is 4.69. The largest absolute Gasteiger partial charge is 0.479 e. The monoisotopic (exact) mass is 291 g/mol. The van der Waals surface area contributed by atoms with Crippen molar-refractivity contribution in [3.8, 4) is 5.88 Å². The van der Waals surface area contributed by atoms with E-state index in [2.05, 4.69) is 10.3 Å². The van der Waals surface area contributed by atoms with E-state index in [0.717, 1.165) is 22.0 Å². The summed E-state index contributed by atoms with van der Waals surface area (Å²) >= 11 is 6.17. The lowest BCUT2D eigenvalue weighted by Gasteiger charge is -2.20. The van der Waals surface area contributed by atoms with E-state index in [1.807, 2.05) is 49.3 Å². The number of hydrogen-bond donors (Lipinski definition) is 1. The fourth-order valence-electron chi connectivity index (χ4n) is 1.95. The molecule has 0 saturated carbocycles. The number of benzene rings is 1. The maximum absolute atomic E-state index is 6.17. The molecule has 2 aromatic rings. The summed E-state index contributed by atoms with van der Waals surface area (Å²) in [6, 6.07) is 9.70. The number of nitrogens with zero attached hydrogens (tertiary/aromatic N) is 2. The van der Waals surface area contributed by atoms with Crippen molar-refractivity contribution >= 4 is 23.0 Å². The van der Waals surface area contributed by atoms with Crippen LogP contribution in [0.3, 0.4) is 0 Å². The van der Waals surface area contributed by atoms with Crippen LogP contribution in [0.15, 0.2) is 36.5 Å². The fourth-order valence-corrected chi connectivity index (χ4v) is 2.15. The second kappa shape index (κ2) is 6.48. The highest BCUT2D eigenvalue weighted by molar-refractivity contribution is 6.31. The summed E-state index contributed by atoms with van der Waals surface area (Å²) in [5.74, 6) is 0.572. The Balaban J connectivity index is 2.26. The first-order valence-corrected chi connectivity index (χ1v) is 6.69. The molecule has 2 rings (SSSR count). The number of halogens is 1. The first kappa shape index (κ1) is 14.5. The second-order valence-corrected chi connectivity index (χ2v) is 4.96. The number of pyridine rings is 1. The highest BCUT2D eigenvalue weighted by Crippen LogP contribution is 2.32. The molecule has 1 aromatic carbocycles. The van der Waals surface area contributed by atoms with E-state index in [1.54, 1.807) is 13.3 Å². The summed E-state index contributed by atoms with van der Waals surface area (Å²) in [6.07, 6.45) is 1.73. The van der Waals surface area contributed by atoms with E-state index in [9.17, 15) is 0 Å². The minimum Gasteiger partial charge on any atom is -0.479 e. The number of methoxy groups -OCH3 is 1. The minimum atomic E-state index is 0.572. The van der Waals surface area contributed by atoms with Crippen LogP contribution in [0.25, 0.3) is 0 Å².